The molecule has 0 saturated carbocycles. The van der Waals surface area contributed by atoms with Gasteiger partial charge in [0.05, 0.1) is 40.7 Å². The van der Waals surface area contributed by atoms with E-state index in [-0.39, 0.29) is 17.2 Å². The summed E-state index contributed by atoms with van der Waals surface area (Å²) in [6.07, 6.45) is 3.03. The Morgan fingerprint density at radius 3 is 2.84 bits per heavy atom. The van der Waals surface area contributed by atoms with E-state index in [1.807, 2.05) is 6.07 Å². The summed E-state index contributed by atoms with van der Waals surface area (Å²) in [6.45, 7) is 0.219. The highest BCUT2D eigenvalue weighted by Gasteiger charge is 2.15. The molecule has 1 aromatic carbocycles. The number of nitriles is 1. The molecule has 7 heteroatoms. The van der Waals surface area contributed by atoms with Crippen LogP contribution < -0.4 is 5.73 Å². The van der Waals surface area contributed by atoms with Crippen LogP contribution in [0, 0.1) is 11.3 Å². The normalized spacial score (nSPS) is 11.1. The molecule has 6 nitrogen and oxygen atoms in total. The minimum atomic E-state index is -3.43. The molecule has 0 aliphatic carbocycles. The minimum Gasteiger partial charge on any atom is -0.396 e. The quantitative estimate of drug-likeness (QED) is 0.890. The summed E-state index contributed by atoms with van der Waals surface area (Å²) in [5.41, 5.74) is 6.31. The van der Waals surface area contributed by atoms with Crippen LogP contribution in [0.4, 0.5) is 5.69 Å². The number of aromatic nitrogens is 2. The first-order valence-corrected chi connectivity index (χ1v) is 7.17. The van der Waals surface area contributed by atoms with E-state index in [1.54, 1.807) is 18.3 Å². The fraction of sp³-hybridized carbons (Fsp3) is 0.167. The Hall–Kier alpha value is -2.33. The van der Waals surface area contributed by atoms with Crippen LogP contribution >= 0.6 is 0 Å². The molecule has 0 aliphatic heterocycles. The van der Waals surface area contributed by atoms with Crippen molar-refractivity contribution in [2.24, 2.45) is 0 Å². The summed E-state index contributed by atoms with van der Waals surface area (Å²) in [7, 11) is -3.43. The average molecular weight is 276 g/mol. The SMILES string of the molecule is N#Cc1cccc(S(=O)(=O)CCn2cc(N)cn2)c1. The largest absolute Gasteiger partial charge is 0.396 e. The molecule has 0 unspecified atom stereocenters. The molecule has 2 N–H and O–H groups in total. The number of nitrogens with zero attached hydrogens (tertiary/aromatic N) is 3. The van der Waals surface area contributed by atoms with Crippen molar-refractivity contribution in [2.45, 2.75) is 11.4 Å². The summed E-state index contributed by atoms with van der Waals surface area (Å²) in [4.78, 5) is 0.145. The molecule has 0 spiro atoms. The van der Waals surface area contributed by atoms with Crippen molar-refractivity contribution in [2.75, 3.05) is 11.5 Å². The maximum absolute atomic E-state index is 12.1. The third kappa shape index (κ3) is 3.11. The zero-order valence-electron chi connectivity index (χ0n) is 10.0. The molecule has 0 fully saturated rings. The maximum Gasteiger partial charge on any atom is 0.180 e. The lowest BCUT2D eigenvalue weighted by Gasteiger charge is -2.05. The Morgan fingerprint density at radius 1 is 1.42 bits per heavy atom. The topological polar surface area (TPSA) is 102 Å². The van der Waals surface area contributed by atoms with Gasteiger partial charge >= 0.3 is 0 Å². The van der Waals surface area contributed by atoms with Gasteiger partial charge in [-0.15, -0.1) is 0 Å². The van der Waals surface area contributed by atoms with Crippen molar-refractivity contribution < 1.29 is 8.42 Å². The standard InChI is InChI=1S/C12H12N4O2S/c13-7-10-2-1-3-12(6-10)19(17,18)5-4-16-9-11(14)8-15-16/h1-3,6,8-9H,4-5,14H2. The van der Waals surface area contributed by atoms with Crippen LogP contribution in [0.2, 0.25) is 0 Å². The van der Waals surface area contributed by atoms with Gasteiger partial charge in [-0.25, -0.2) is 8.42 Å². The van der Waals surface area contributed by atoms with Gasteiger partial charge in [0.15, 0.2) is 9.84 Å². The second-order valence-corrected chi connectivity index (χ2v) is 6.10. The number of sulfone groups is 1. The Balaban J connectivity index is 2.16. The fourth-order valence-electron chi connectivity index (χ4n) is 1.59. The Labute approximate surface area is 111 Å². The summed E-state index contributed by atoms with van der Waals surface area (Å²) in [5.74, 6) is -0.0942. The predicted molar refractivity (Wildman–Crippen MR) is 69.8 cm³/mol. The van der Waals surface area contributed by atoms with E-state index in [0.29, 0.717) is 11.3 Å². The number of aryl methyl sites for hydroxylation is 1. The van der Waals surface area contributed by atoms with Gasteiger partial charge in [-0.05, 0) is 18.2 Å². The highest BCUT2D eigenvalue weighted by molar-refractivity contribution is 7.91. The number of nitrogens with two attached hydrogens (primary N) is 1. The van der Waals surface area contributed by atoms with Gasteiger partial charge in [-0.2, -0.15) is 10.4 Å². The lowest BCUT2D eigenvalue weighted by molar-refractivity contribution is 0.580. The van der Waals surface area contributed by atoms with Gasteiger partial charge in [-0.1, -0.05) is 6.07 Å². The molecule has 0 bridgehead atoms. The average Bonchev–Trinajstić information content (AvgIpc) is 2.82. The molecule has 2 aromatic rings. The summed E-state index contributed by atoms with van der Waals surface area (Å²) in [5, 5.41) is 12.7. The third-order valence-corrected chi connectivity index (χ3v) is 4.26. The van der Waals surface area contributed by atoms with Crippen molar-refractivity contribution in [3.63, 3.8) is 0 Å². The van der Waals surface area contributed by atoms with Crippen LogP contribution in [0.1, 0.15) is 5.56 Å². The Kier molecular flexibility index (Phi) is 3.53. The number of hydrogen-bond acceptors (Lipinski definition) is 5. The van der Waals surface area contributed by atoms with Gasteiger partial charge in [-0.3, -0.25) is 4.68 Å². The molecular weight excluding hydrogens is 264 g/mol. The second kappa shape index (κ2) is 5.12. The molecule has 98 valence electrons. The smallest absolute Gasteiger partial charge is 0.180 e. The number of benzene rings is 1. The summed E-state index contributed by atoms with van der Waals surface area (Å²) >= 11 is 0. The highest BCUT2D eigenvalue weighted by atomic mass is 32.2. The van der Waals surface area contributed by atoms with E-state index in [9.17, 15) is 8.42 Å². The van der Waals surface area contributed by atoms with Crippen LogP contribution in [-0.4, -0.2) is 24.0 Å². The molecule has 2 rings (SSSR count). The molecular formula is C12H12N4O2S. The third-order valence-electron chi connectivity index (χ3n) is 2.56. The van der Waals surface area contributed by atoms with E-state index in [4.69, 9.17) is 11.0 Å². The van der Waals surface area contributed by atoms with Gasteiger partial charge in [0, 0.05) is 6.20 Å². The van der Waals surface area contributed by atoms with Gasteiger partial charge in [0.25, 0.3) is 0 Å². The molecule has 0 radical (unpaired) electrons. The van der Waals surface area contributed by atoms with Gasteiger partial charge < -0.3 is 5.73 Å². The van der Waals surface area contributed by atoms with Crippen molar-refractivity contribution in [3.05, 3.63) is 42.2 Å². The van der Waals surface area contributed by atoms with Crippen LogP contribution in [-0.2, 0) is 16.4 Å². The minimum absolute atomic E-state index is 0.0942. The Bertz CT molecular complexity index is 728. The van der Waals surface area contributed by atoms with Crippen LogP contribution in [0.3, 0.4) is 0 Å². The van der Waals surface area contributed by atoms with Crippen molar-refractivity contribution in [3.8, 4) is 6.07 Å². The number of anilines is 1. The summed E-state index contributed by atoms with van der Waals surface area (Å²) in [6, 6.07) is 7.88. The molecule has 0 saturated heterocycles. The van der Waals surface area contributed by atoms with Crippen molar-refractivity contribution >= 4 is 15.5 Å². The van der Waals surface area contributed by atoms with Crippen LogP contribution in [0.5, 0.6) is 0 Å². The monoisotopic (exact) mass is 276 g/mol. The van der Waals surface area contributed by atoms with Crippen LogP contribution in [0.15, 0.2) is 41.6 Å². The first kappa shape index (κ1) is 13.1. The molecule has 0 amide bonds. The predicted octanol–water partition coefficient (Wildman–Crippen LogP) is 0.811. The first-order valence-electron chi connectivity index (χ1n) is 5.52. The fourth-order valence-corrected chi connectivity index (χ4v) is 2.85. The maximum atomic E-state index is 12.1. The van der Waals surface area contributed by atoms with E-state index in [1.165, 1.54) is 23.0 Å². The lowest BCUT2D eigenvalue weighted by atomic mass is 10.2. The Morgan fingerprint density at radius 2 is 2.21 bits per heavy atom. The zero-order valence-corrected chi connectivity index (χ0v) is 10.8. The number of hydrogen-bond donors (Lipinski definition) is 1. The molecule has 0 aliphatic rings. The van der Waals surface area contributed by atoms with E-state index < -0.39 is 9.84 Å². The summed E-state index contributed by atoms with van der Waals surface area (Å²) < 4.78 is 25.7. The van der Waals surface area contributed by atoms with Crippen molar-refractivity contribution in [1.82, 2.24) is 9.78 Å². The van der Waals surface area contributed by atoms with E-state index in [2.05, 4.69) is 5.10 Å². The molecule has 1 aromatic heterocycles. The number of nitrogen functional groups attached to an aromatic ring is 1. The first-order chi connectivity index (χ1) is 9.01. The highest BCUT2D eigenvalue weighted by Crippen LogP contribution is 2.13. The second-order valence-electron chi connectivity index (χ2n) is 4.00. The number of rotatable bonds is 4. The van der Waals surface area contributed by atoms with E-state index >= 15 is 0 Å². The van der Waals surface area contributed by atoms with Crippen LogP contribution in [0.25, 0.3) is 0 Å². The molecule has 0 atom stereocenters. The van der Waals surface area contributed by atoms with E-state index in [0.717, 1.165) is 0 Å². The van der Waals surface area contributed by atoms with Gasteiger partial charge in [0.2, 0.25) is 0 Å². The molecule has 1 heterocycles. The zero-order chi connectivity index (χ0) is 13.9. The molecule has 19 heavy (non-hydrogen) atoms. The van der Waals surface area contributed by atoms with Gasteiger partial charge in [0.1, 0.15) is 0 Å². The lowest BCUT2D eigenvalue weighted by Crippen LogP contribution is -2.13. The van der Waals surface area contributed by atoms with Crippen molar-refractivity contribution in [1.29, 1.82) is 5.26 Å².